The lowest BCUT2D eigenvalue weighted by atomic mass is 9.85. The van der Waals surface area contributed by atoms with Crippen LogP contribution in [0.25, 0.3) is 6.08 Å². The Morgan fingerprint density at radius 3 is 2.38 bits per heavy atom. The van der Waals surface area contributed by atoms with Crippen molar-refractivity contribution in [3.05, 3.63) is 23.4 Å². The van der Waals surface area contributed by atoms with Crippen LogP contribution in [0.1, 0.15) is 40.3 Å². The molecule has 2 heterocycles. The highest BCUT2D eigenvalue weighted by Gasteiger charge is 2.52. The van der Waals surface area contributed by atoms with E-state index in [0.717, 1.165) is 11.3 Å². The summed E-state index contributed by atoms with van der Waals surface area (Å²) in [6.07, 6.45) is 1.75. The van der Waals surface area contributed by atoms with Crippen LogP contribution in [0.4, 0.5) is 0 Å². The highest BCUT2D eigenvalue weighted by molar-refractivity contribution is 6.61. The van der Waals surface area contributed by atoms with E-state index >= 15 is 0 Å². The molecule has 0 aromatic carbocycles. The van der Waals surface area contributed by atoms with Gasteiger partial charge in [-0.15, -0.1) is 0 Å². The maximum Gasteiger partial charge on any atom is 0.514 e. The van der Waals surface area contributed by atoms with Crippen LogP contribution in [-0.2, 0) is 9.31 Å². The Morgan fingerprint density at radius 2 is 1.90 bits per heavy atom. The quantitative estimate of drug-likeness (QED) is 0.486. The zero-order valence-electron chi connectivity index (χ0n) is 13.2. The van der Waals surface area contributed by atoms with E-state index in [1.165, 1.54) is 0 Å². The Hall–Kier alpha value is -1.84. The van der Waals surface area contributed by atoms with Crippen LogP contribution in [0, 0.1) is 11.3 Å². The maximum atomic E-state index is 8.89. The molecule has 1 fully saturated rings. The third kappa shape index (κ3) is 2.67. The van der Waals surface area contributed by atoms with E-state index in [1.54, 1.807) is 17.7 Å². The minimum Gasteiger partial charge on any atom is -0.398 e. The lowest BCUT2D eigenvalue weighted by Gasteiger charge is -2.32. The normalized spacial score (nSPS) is 20.4. The van der Waals surface area contributed by atoms with Crippen LogP contribution in [0.2, 0.25) is 0 Å². The third-order valence-electron chi connectivity index (χ3n) is 4.09. The van der Waals surface area contributed by atoms with Crippen LogP contribution < -0.4 is 5.59 Å². The number of hydrogen-bond donors (Lipinski definition) is 0. The molecular weight excluding hydrogens is 265 g/mol. The number of rotatable bonds is 3. The van der Waals surface area contributed by atoms with Gasteiger partial charge in [0.1, 0.15) is 0 Å². The van der Waals surface area contributed by atoms with Crippen molar-refractivity contribution in [1.82, 2.24) is 4.68 Å². The van der Waals surface area contributed by atoms with Crippen molar-refractivity contribution >= 4 is 25.5 Å². The van der Waals surface area contributed by atoms with Gasteiger partial charge in [-0.25, -0.2) is 4.68 Å². The first-order valence-electron chi connectivity index (χ1n) is 6.84. The van der Waals surface area contributed by atoms with Crippen molar-refractivity contribution in [3.8, 4) is 6.07 Å². The molecule has 0 aliphatic carbocycles. The number of nitriles is 1. The van der Waals surface area contributed by atoms with Gasteiger partial charge in [0.2, 0.25) is 0 Å². The molecule has 0 N–H and O–H groups in total. The summed E-state index contributed by atoms with van der Waals surface area (Å²) in [5.41, 5.74) is 1.31. The van der Waals surface area contributed by atoms with Gasteiger partial charge in [0.05, 0.1) is 28.6 Å². The van der Waals surface area contributed by atoms with E-state index in [1.807, 2.05) is 39.8 Å². The van der Waals surface area contributed by atoms with E-state index in [-0.39, 0.29) is 0 Å². The highest BCUT2D eigenvalue weighted by atomic mass is 16.7. The molecule has 0 spiro atoms. The lowest BCUT2D eigenvalue weighted by molar-refractivity contribution is 0.00578. The molecule has 110 valence electrons. The van der Waals surface area contributed by atoms with E-state index in [0.29, 0.717) is 5.57 Å². The maximum absolute atomic E-state index is 8.89. The Morgan fingerprint density at radius 1 is 1.33 bits per heavy atom. The van der Waals surface area contributed by atoms with E-state index in [2.05, 4.69) is 17.9 Å². The van der Waals surface area contributed by atoms with Crippen molar-refractivity contribution in [2.24, 2.45) is 5.10 Å². The fourth-order valence-corrected chi connectivity index (χ4v) is 2.13. The molecule has 6 heteroatoms. The van der Waals surface area contributed by atoms with Gasteiger partial charge in [-0.05, 0) is 52.8 Å². The fourth-order valence-electron chi connectivity index (χ4n) is 2.13. The monoisotopic (exact) mass is 285 g/mol. The third-order valence-corrected chi connectivity index (χ3v) is 4.09. The number of aromatic nitrogens is 1. The zero-order valence-corrected chi connectivity index (χ0v) is 13.2. The average molecular weight is 285 g/mol. The van der Waals surface area contributed by atoms with Gasteiger partial charge in [-0.1, -0.05) is 0 Å². The van der Waals surface area contributed by atoms with Gasteiger partial charge in [-0.3, -0.25) is 0 Å². The molecule has 0 saturated carbocycles. The van der Waals surface area contributed by atoms with Gasteiger partial charge in [0.25, 0.3) is 0 Å². The molecule has 5 nitrogen and oxygen atoms in total. The molecule has 0 bridgehead atoms. The van der Waals surface area contributed by atoms with Gasteiger partial charge >= 0.3 is 7.12 Å². The standard InChI is InChI=1S/C15H20BN3O2/c1-11(10-17)9-12-7-8-13(19(12)18-6)16-20-14(2,3)15(4,5)21-16/h7-9H,6H2,1-5H3/b11-9+. The van der Waals surface area contributed by atoms with E-state index in [9.17, 15) is 0 Å². The largest absolute Gasteiger partial charge is 0.514 e. The Kier molecular flexibility index (Phi) is 3.83. The number of hydrogen-bond acceptors (Lipinski definition) is 4. The molecule has 1 aromatic rings. The summed E-state index contributed by atoms with van der Waals surface area (Å²) in [5.74, 6) is 0. The molecule has 0 unspecified atom stereocenters. The predicted molar refractivity (Wildman–Crippen MR) is 84.4 cm³/mol. The molecule has 2 rings (SSSR count). The SMILES string of the molecule is C=Nn1c(/C=C(\C)C#N)ccc1B1OC(C)(C)C(C)(C)O1. The molecular formula is C15H20BN3O2. The molecule has 21 heavy (non-hydrogen) atoms. The highest BCUT2D eigenvalue weighted by Crippen LogP contribution is 2.36. The predicted octanol–water partition coefficient (Wildman–Crippen LogP) is 2.18. The van der Waals surface area contributed by atoms with Crippen molar-refractivity contribution in [2.75, 3.05) is 0 Å². The summed E-state index contributed by atoms with van der Waals surface area (Å²) < 4.78 is 13.7. The van der Waals surface area contributed by atoms with Crippen LogP contribution in [0.5, 0.6) is 0 Å². The number of nitrogens with zero attached hydrogens (tertiary/aromatic N) is 3. The van der Waals surface area contributed by atoms with Gasteiger partial charge in [0.15, 0.2) is 0 Å². The molecule has 1 aliphatic heterocycles. The van der Waals surface area contributed by atoms with E-state index < -0.39 is 18.3 Å². The van der Waals surface area contributed by atoms with E-state index in [4.69, 9.17) is 14.6 Å². The summed E-state index contributed by atoms with van der Waals surface area (Å²) >= 11 is 0. The number of allylic oxidation sites excluding steroid dienone is 1. The fraction of sp³-hybridized carbons (Fsp3) is 0.467. The molecule has 0 amide bonds. The molecule has 1 saturated heterocycles. The first-order chi connectivity index (χ1) is 9.71. The van der Waals surface area contributed by atoms with Crippen LogP contribution in [0.15, 0.2) is 22.8 Å². The second-order valence-electron chi connectivity index (χ2n) is 6.16. The first kappa shape index (κ1) is 15.6. The van der Waals surface area contributed by atoms with Crippen LogP contribution >= 0.6 is 0 Å². The topological polar surface area (TPSA) is 59.5 Å². The van der Waals surface area contributed by atoms with Gasteiger partial charge in [-0.2, -0.15) is 10.4 Å². The Bertz CT molecular complexity index is 622. The summed E-state index contributed by atoms with van der Waals surface area (Å²) in [6, 6.07) is 5.85. The average Bonchev–Trinajstić information content (AvgIpc) is 2.88. The summed E-state index contributed by atoms with van der Waals surface area (Å²) in [7, 11) is -0.509. The minimum atomic E-state index is -0.509. The molecule has 0 radical (unpaired) electrons. The lowest BCUT2D eigenvalue weighted by Crippen LogP contribution is -2.41. The summed E-state index contributed by atoms with van der Waals surface area (Å²) in [6.45, 7) is 13.3. The van der Waals surface area contributed by atoms with Crippen LogP contribution in [0.3, 0.4) is 0 Å². The second kappa shape index (κ2) is 5.17. The van der Waals surface area contributed by atoms with Crippen molar-refractivity contribution in [3.63, 3.8) is 0 Å². The zero-order chi connectivity index (χ0) is 15.8. The van der Waals surface area contributed by atoms with Crippen LogP contribution in [-0.4, -0.2) is 29.7 Å². The summed E-state index contributed by atoms with van der Waals surface area (Å²) in [4.78, 5) is 0. The first-order valence-corrected chi connectivity index (χ1v) is 6.84. The van der Waals surface area contributed by atoms with Gasteiger partial charge < -0.3 is 9.31 Å². The Labute approximate surface area is 126 Å². The molecule has 1 aliphatic rings. The second-order valence-corrected chi connectivity index (χ2v) is 6.16. The summed E-state index contributed by atoms with van der Waals surface area (Å²) in [5, 5.41) is 12.9. The Balaban J connectivity index is 2.40. The van der Waals surface area contributed by atoms with Crippen molar-refractivity contribution in [1.29, 1.82) is 5.26 Å². The van der Waals surface area contributed by atoms with Crippen molar-refractivity contribution < 1.29 is 9.31 Å². The smallest absolute Gasteiger partial charge is 0.398 e. The minimum absolute atomic E-state index is 0.410. The van der Waals surface area contributed by atoms with Gasteiger partial charge in [0, 0.05) is 12.3 Å². The molecule has 0 atom stereocenters. The molecule has 1 aromatic heterocycles. The van der Waals surface area contributed by atoms with Crippen molar-refractivity contribution in [2.45, 2.75) is 45.8 Å².